The number of amides is 8. The number of aliphatic hydroxyl groups is 2. The van der Waals surface area contributed by atoms with Gasteiger partial charge in [0.25, 0.3) is 0 Å². The van der Waals surface area contributed by atoms with Crippen molar-refractivity contribution >= 4 is 47.3 Å². The first-order valence-electron chi connectivity index (χ1n) is 19.1. The minimum Gasteiger partial charge on any atom is -0.508 e. The van der Waals surface area contributed by atoms with Crippen LogP contribution >= 0.6 is 0 Å². The quantitative estimate of drug-likeness (QED) is 0.109. The predicted molar refractivity (Wildman–Crippen MR) is 214 cm³/mol. The molecule has 1 heterocycles. The number of hydrogen-bond acceptors (Lipinski definition) is 11. The number of phenols is 1. The van der Waals surface area contributed by atoms with Gasteiger partial charge in [-0.1, -0.05) is 72.8 Å². The van der Waals surface area contributed by atoms with Crippen LogP contribution in [-0.2, 0) is 57.6 Å². The molecule has 320 valence electrons. The van der Waals surface area contributed by atoms with Gasteiger partial charge in [-0.2, -0.15) is 0 Å². The molecule has 0 radical (unpaired) electrons. The number of rotatable bonds is 8. The van der Waals surface area contributed by atoms with Crippen molar-refractivity contribution in [2.24, 2.45) is 0 Å². The Bertz CT molecular complexity index is 1980. The van der Waals surface area contributed by atoms with Crippen molar-refractivity contribution in [3.63, 3.8) is 0 Å². The monoisotopic (exact) mass is 830 g/mol. The zero-order valence-electron chi connectivity index (χ0n) is 33.0. The molecule has 0 unspecified atom stereocenters. The summed E-state index contributed by atoms with van der Waals surface area (Å²) < 4.78 is 0. The van der Waals surface area contributed by atoms with Crippen molar-refractivity contribution < 1.29 is 53.7 Å². The van der Waals surface area contributed by atoms with Crippen molar-refractivity contribution in [1.82, 2.24) is 42.5 Å². The molecule has 0 bridgehead atoms. The summed E-state index contributed by atoms with van der Waals surface area (Å²) in [5.41, 5.74) is 1.65. The van der Waals surface area contributed by atoms with Crippen LogP contribution in [0.1, 0.15) is 30.5 Å². The molecule has 7 atom stereocenters. The van der Waals surface area contributed by atoms with Crippen LogP contribution in [0.15, 0.2) is 84.9 Å². The number of benzene rings is 3. The molecule has 4 rings (SSSR count). The average molecular weight is 831 g/mol. The second-order valence-corrected chi connectivity index (χ2v) is 14.2. The van der Waals surface area contributed by atoms with Gasteiger partial charge in [-0.3, -0.25) is 38.4 Å². The van der Waals surface area contributed by atoms with Gasteiger partial charge in [0.05, 0.1) is 25.8 Å². The number of hydrogen-bond donors (Lipinski definition) is 11. The summed E-state index contributed by atoms with van der Waals surface area (Å²) in [6.45, 7) is 0.378. The Morgan fingerprint density at radius 2 is 0.950 bits per heavy atom. The highest BCUT2D eigenvalue weighted by molar-refractivity contribution is 5.98. The van der Waals surface area contributed by atoms with Crippen molar-refractivity contribution in [2.45, 2.75) is 75.5 Å². The largest absolute Gasteiger partial charge is 0.508 e. The molecule has 0 saturated carbocycles. The van der Waals surface area contributed by atoms with Crippen LogP contribution < -0.4 is 42.5 Å². The van der Waals surface area contributed by atoms with Gasteiger partial charge in [-0.05, 0) is 42.7 Å². The Morgan fingerprint density at radius 1 is 0.517 bits per heavy atom. The number of nitrogens with one attached hydrogen (secondary N) is 8. The highest BCUT2D eigenvalue weighted by atomic mass is 16.3. The van der Waals surface area contributed by atoms with Gasteiger partial charge in [0.2, 0.25) is 47.3 Å². The number of aromatic hydroxyl groups is 1. The Balaban J connectivity index is 1.68. The van der Waals surface area contributed by atoms with E-state index >= 15 is 0 Å². The molecular weight excluding hydrogens is 780 g/mol. The van der Waals surface area contributed by atoms with Gasteiger partial charge in [0.1, 0.15) is 42.0 Å². The molecule has 0 spiro atoms. The van der Waals surface area contributed by atoms with E-state index in [0.29, 0.717) is 16.7 Å². The van der Waals surface area contributed by atoms with Crippen LogP contribution in [0.5, 0.6) is 5.75 Å². The molecule has 19 heteroatoms. The van der Waals surface area contributed by atoms with Crippen LogP contribution in [0.4, 0.5) is 0 Å². The van der Waals surface area contributed by atoms with Gasteiger partial charge < -0.3 is 57.9 Å². The Labute approximate surface area is 345 Å². The Hall–Kier alpha value is -6.86. The summed E-state index contributed by atoms with van der Waals surface area (Å²) in [6, 6.07) is 13.9. The third-order valence-electron chi connectivity index (χ3n) is 9.36. The summed E-state index contributed by atoms with van der Waals surface area (Å²) in [4.78, 5) is 107. The molecule has 11 N–H and O–H groups in total. The molecule has 3 aromatic carbocycles. The summed E-state index contributed by atoms with van der Waals surface area (Å²) in [6.07, 6.45) is -1.96. The number of carbonyl (C=O) groups excluding carboxylic acids is 8. The normalized spacial score (nSPS) is 23.8. The van der Waals surface area contributed by atoms with Crippen molar-refractivity contribution in [1.29, 1.82) is 0 Å². The maximum atomic E-state index is 14.0. The highest BCUT2D eigenvalue weighted by Crippen LogP contribution is 2.13. The molecule has 0 aromatic heterocycles. The van der Waals surface area contributed by atoms with Crippen LogP contribution in [0.3, 0.4) is 0 Å². The van der Waals surface area contributed by atoms with Crippen molar-refractivity contribution in [3.05, 3.63) is 102 Å². The van der Waals surface area contributed by atoms with E-state index in [1.165, 1.54) is 38.1 Å². The molecule has 1 aliphatic heterocycles. The van der Waals surface area contributed by atoms with E-state index in [9.17, 15) is 53.7 Å². The van der Waals surface area contributed by atoms with Gasteiger partial charge in [-0.15, -0.1) is 0 Å². The van der Waals surface area contributed by atoms with Crippen LogP contribution in [0, 0.1) is 0 Å². The molecule has 8 amide bonds. The van der Waals surface area contributed by atoms with E-state index in [4.69, 9.17) is 0 Å². The van der Waals surface area contributed by atoms with E-state index < -0.39 is 109 Å². The molecule has 0 aliphatic carbocycles. The Kier molecular flexibility index (Phi) is 17.1. The summed E-state index contributed by atoms with van der Waals surface area (Å²) >= 11 is 0. The molecule has 1 saturated heterocycles. The first kappa shape index (κ1) is 45.8. The lowest BCUT2D eigenvalue weighted by Crippen LogP contribution is -2.62. The third kappa shape index (κ3) is 14.2. The van der Waals surface area contributed by atoms with E-state index in [0.717, 1.165) is 0 Å². The van der Waals surface area contributed by atoms with Gasteiger partial charge in [0.15, 0.2) is 0 Å². The predicted octanol–water partition coefficient (Wildman–Crippen LogP) is -3.03. The topological polar surface area (TPSA) is 293 Å². The first-order chi connectivity index (χ1) is 28.6. The first-order valence-corrected chi connectivity index (χ1v) is 19.1. The van der Waals surface area contributed by atoms with Crippen molar-refractivity contribution in [2.75, 3.05) is 19.7 Å². The summed E-state index contributed by atoms with van der Waals surface area (Å²) in [7, 11) is 0. The van der Waals surface area contributed by atoms with Crippen LogP contribution in [0.2, 0.25) is 0 Å². The van der Waals surface area contributed by atoms with Crippen LogP contribution in [-0.4, -0.2) is 125 Å². The Morgan fingerprint density at radius 3 is 1.48 bits per heavy atom. The maximum Gasteiger partial charge on any atom is 0.245 e. The summed E-state index contributed by atoms with van der Waals surface area (Å²) in [5.74, 6) is -7.20. The number of carbonyl (C=O) groups is 8. The third-order valence-corrected chi connectivity index (χ3v) is 9.36. The lowest BCUT2D eigenvalue weighted by molar-refractivity contribution is -0.137. The van der Waals surface area contributed by atoms with E-state index in [1.54, 1.807) is 60.7 Å². The molecule has 19 nitrogen and oxygen atoms in total. The number of phenolic OH excluding ortho intramolecular Hbond substituents is 1. The van der Waals surface area contributed by atoms with Crippen LogP contribution in [0.25, 0.3) is 0 Å². The fraction of sp³-hybridized carbons (Fsp3) is 0.366. The summed E-state index contributed by atoms with van der Waals surface area (Å²) in [5, 5.41) is 50.3. The molecule has 60 heavy (non-hydrogen) atoms. The minimum atomic E-state index is -1.71. The van der Waals surface area contributed by atoms with Crippen molar-refractivity contribution in [3.8, 4) is 5.75 Å². The molecule has 3 aromatic rings. The van der Waals surface area contributed by atoms with E-state index in [-0.39, 0.29) is 25.0 Å². The molecule has 1 fully saturated rings. The van der Waals surface area contributed by atoms with Gasteiger partial charge >= 0.3 is 0 Å². The molecular formula is C41H50N8O11. The fourth-order valence-corrected chi connectivity index (χ4v) is 6.04. The van der Waals surface area contributed by atoms with E-state index in [2.05, 4.69) is 42.5 Å². The number of aliphatic hydroxyl groups excluding tert-OH is 2. The smallest absolute Gasteiger partial charge is 0.245 e. The SMILES string of the molecule is C[C@@H]1NC(=O)[C@H](Cc2ccccc2)NC(=O)[C@H]([C@@H](C)O)NC(=O)[C@H](Cc2ccc(O)cc2)NC(=O)[C@H](CO)NC(=O)[C@H](Cc2ccccc2)NC(=O)CNC(=O)CNC1=O. The lowest BCUT2D eigenvalue weighted by atomic mass is 10.0. The highest BCUT2D eigenvalue weighted by Gasteiger charge is 2.35. The zero-order valence-corrected chi connectivity index (χ0v) is 33.0. The van der Waals surface area contributed by atoms with Gasteiger partial charge in [0, 0.05) is 19.3 Å². The van der Waals surface area contributed by atoms with E-state index in [1.807, 2.05) is 0 Å². The van der Waals surface area contributed by atoms with Gasteiger partial charge in [-0.25, -0.2) is 0 Å². The molecule has 1 aliphatic rings. The second-order valence-electron chi connectivity index (χ2n) is 14.2. The zero-order chi connectivity index (χ0) is 43.8. The minimum absolute atomic E-state index is 0.0767. The standard InChI is InChI=1S/C41H50N8O11/c1-23-36(55)43-20-33(53)42-21-34(54)45-29(17-25-9-5-3-6-10-25)38(57)48-32(22-50)40(59)46-31(19-27-13-15-28(52)16-14-27)39(58)49-35(24(2)51)41(60)47-30(37(56)44-23)18-26-11-7-4-8-12-26/h3-16,23-24,29-32,35,50-52H,17-22H2,1-2H3,(H,42,53)(H,43,55)(H,44,56)(H,45,54)(H,46,59)(H,47,60)(H,48,57)(H,49,58)/t23-,24+,29-,30-,31-,32-,35-/m0/s1. The second kappa shape index (κ2) is 22.3. The average Bonchev–Trinajstić information content (AvgIpc) is 3.23. The lowest BCUT2D eigenvalue weighted by Gasteiger charge is -2.28. The fourth-order valence-electron chi connectivity index (χ4n) is 6.04. The maximum absolute atomic E-state index is 14.0.